The number of pyridine rings is 1. The number of nitrogens with zero attached hydrogens (tertiary/aromatic N) is 2. The number of Topliss-reactive ketones (excluding diaryl/α,β-unsaturated/α-hetero) is 1. The molecule has 1 aliphatic heterocycles. The van der Waals surface area contributed by atoms with Crippen molar-refractivity contribution in [1.29, 1.82) is 0 Å². The van der Waals surface area contributed by atoms with Crippen LogP contribution >= 0.6 is 0 Å². The Morgan fingerprint density at radius 1 is 1.06 bits per heavy atom. The van der Waals surface area contributed by atoms with Crippen LogP contribution in [0.3, 0.4) is 0 Å². The molecular formula is C26H24N2O4. The fourth-order valence-corrected chi connectivity index (χ4v) is 3.69. The first-order chi connectivity index (χ1) is 15.5. The molecule has 32 heavy (non-hydrogen) atoms. The lowest BCUT2D eigenvalue weighted by atomic mass is 9.96. The van der Waals surface area contributed by atoms with Crippen LogP contribution in [0.1, 0.15) is 31.0 Å². The molecule has 1 unspecified atom stereocenters. The molecule has 0 bridgehead atoms. The quantitative estimate of drug-likeness (QED) is 0.348. The predicted molar refractivity (Wildman–Crippen MR) is 122 cm³/mol. The summed E-state index contributed by atoms with van der Waals surface area (Å²) < 4.78 is 5.76. The fraction of sp³-hybridized carbons (Fsp3) is 0.192. The normalized spacial score (nSPS) is 17.7. The van der Waals surface area contributed by atoms with Crippen molar-refractivity contribution < 1.29 is 19.4 Å². The second-order valence-electron chi connectivity index (χ2n) is 8.02. The summed E-state index contributed by atoms with van der Waals surface area (Å²) in [5, 5.41) is 11.2. The third-order valence-corrected chi connectivity index (χ3v) is 5.17. The minimum absolute atomic E-state index is 0.0212. The summed E-state index contributed by atoms with van der Waals surface area (Å²) in [5.74, 6) is -0.759. The Labute approximate surface area is 186 Å². The number of ether oxygens (including phenoxy) is 1. The van der Waals surface area contributed by atoms with Gasteiger partial charge in [0.15, 0.2) is 0 Å². The van der Waals surface area contributed by atoms with E-state index in [9.17, 15) is 14.7 Å². The Kier molecular flexibility index (Phi) is 6.03. The molecule has 1 fully saturated rings. The van der Waals surface area contributed by atoms with Gasteiger partial charge in [-0.05, 0) is 41.8 Å². The van der Waals surface area contributed by atoms with Crippen molar-refractivity contribution in [3.8, 4) is 5.75 Å². The number of aliphatic hydroxyl groups excluding tert-OH is 1. The molecule has 0 radical (unpaired) electrons. The second-order valence-corrected chi connectivity index (χ2v) is 8.02. The first-order valence-corrected chi connectivity index (χ1v) is 10.5. The van der Waals surface area contributed by atoms with Crippen LogP contribution in [0.25, 0.3) is 5.76 Å². The highest BCUT2D eigenvalue weighted by molar-refractivity contribution is 6.51. The molecule has 0 spiro atoms. The average molecular weight is 428 g/mol. The smallest absolute Gasteiger partial charge is 0.300 e. The van der Waals surface area contributed by atoms with Gasteiger partial charge in [0.25, 0.3) is 11.7 Å². The number of aliphatic hydroxyl groups is 1. The Balaban J connectivity index is 1.84. The standard InChI is InChI=1S/C26H24N2O4/c1-17(2)16-32-21-12-6-8-18(14-21)24(29)22-23(19-9-7-13-27-15-19)28(26(31)25(22)30)20-10-4-3-5-11-20/h3-15,17,23,29H,16H2,1-2H3/b24-22-. The average Bonchev–Trinajstić information content (AvgIpc) is 3.09. The van der Waals surface area contributed by atoms with Crippen LogP contribution in [-0.4, -0.2) is 28.4 Å². The summed E-state index contributed by atoms with van der Waals surface area (Å²) in [5.41, 5.74) is 1.62. The predicted octanol–water partition coefficient (Wildman–Crippen LogP) is 4.74. The van der Waals surface area contributed by atoms with Crippen molar-refractivity contribution in [2.75, 3.05) is 11.5 Å². The van der Waals surface area contributed by atoms with Gasteiger partial charge in [0.1, 0.15) is 11.5 Å². The summed E-state index contributed by atoms with van der Waals surface area (Å²) in [7, 11) is 0. The summed E-state index contributed by atoms with van der Waals surface area (Å²) in [6.45, 7) is 4.61. The van der Waals surface area contributed by atoms with Crippen molar-refractivity contribution >= 4 is 23.1 Å². The first-order valence-electron chi connectivity index (χ1n) is 10.5. The fourth-order valence-electron chi connectivity index (χ4n) is 3.69. The van der Waals surface area contributed by atoms with E-state index in [2.05, 4.69) is 4.98 Å². The summed E-state index contributed by atoms with van der Waals surface area (Å²) in [6, 6.07) is 18.6. The molecule has 1 N–H and O–H groups in total. The SMILES string of the molecule is CC(C)COc1cccc(/C(O)=C2/C(=O)C(=O)N(c3ccccc3)C2c2cccnc2)c1. The van der Waals surface area contributed by atoms with Crippen LogP contribution in [-0.2, 0) is 9.59 Å². The van der Waals surface area contributed by atoms with Crippen molar-refractivity contribution in [1.82, 2.24) is 4.98 Å². The largest absolute Gasteiger partial charge is 0.507 e. The van der Waals surface area contributed by atoms with Crippen LogP contribution in [0.15, 0.2) is 84.7 Å². The molecule has 0 saturated carbocycles. The zero-order valence-electron chi connectivity index (χ0n) is 17.9. The van der Waals surface area contributed by atoms with E-state index in [0.29, 0.717) is 35.1 Å². The van der Waals surface area contributed by atoms with Gasteiger partial charge in [-0.25, -0.2) is 0 Å². The van der Waals surface area contributed by atoms with Crippen LogP contribution in [0.4, 0.5) is 5.69 Å². The molecule has 1 atom stereocenters. The minimum Gasteiger partial charge on any atom is -0.507 e. The number of carbonyl (C=O) groups excluding carboxylic acids is 2. The molecule has 1 amide bonds. The summed E-state index contributed by atoms with van der Waals surface area (Å²) >= 11 is 0. The van der Waals surface area contributed by atoms with Crippen LogP contribution in [0.5, 0.6) is 5.75 Å². The molecule has 0 aliphatic carbocycles. The number of para-hydroxylation sites is 1. The van der Waals surface area contributed by atoms with E-state index < -0.39 is 17.7 Å². The highest BCUT2D eigenvalue weighted by Gasteiger charge is 2.47. The number of carbonyl (C=O) groups is 2. The van der Waals surface area contributed by atoms with Gasteiger partial charge in [-0.1, -0.05) is 50.2 Å². The van der Waals surface area contributed by atoms with Crippen LogP contribution in [0, 0.1) is 5.92 Å². The highest BCUT2D eigenvalue weighted by atomic mass is 16.5. The van der Waals surface area contributed by atoms with Gasteiger partial charge in [-0.15, -0.1) is 0 Å². The van der Waals surface area contributed by atoms with Gasteiger partial charge < -0.3 is 9.84 Å². The van der Waals surface area contributed by atoms with Crippen LogP contribution < -0.4 is 9.64 Å². The maximum atomic E-state index is 13.1. The molecule has 162 valence electrons. The third kappa shape index (κ3) is 4.12. The number of benzene rings is 2. The van der Waals surface area contributed by atoms with Gasteiger partial charge >= 0.3 is 0 Å². The van der Waals surface area contributed by atoms with Gasteiger partial charge in [0.05, 0.1) is 18.2 Å². The Hall–Kier alpha value is -3.93. The lowest BCUT2D eigenvalue weighted by Gasteiger charge is -2.25. The number of rotatable bonds is 6. The van der Waals surface area contributed by atoms with Crippen molar-refractivity contribution in [2.24, 2.45) is 5.92 Å². The molecule has 6 nitrogen and oxygen atoms in total. The Morgan fingerprint density at radius 3 is 2.53 bits per heavy atom. The van der Waals surface area contributed by atoms with E-state index in [1.165, 1.54) is 4.90 Å². The lowest BCUT2D eigenvalue weighted by Crippen LogP contribution is -2.29. The van der Waals surface area contributed by atoms with Gasteiger partial charge in [0, 0.05) is 23.6 Å². The molecule has 1 aromatic heterocycles. The third-order valence-electron chi connectivity index (χ3n) is 5.17. The highest BCUT2D eigenvalue weighted by Crippen LogP contribution is 2.42. The van der Waals surface area contributed by atoms with E-state index in [-0.39, 0.29) is 11.3 Å². The number of ketones is 1. The molecule has 3 aromatic rings. The molecule has 2 heterocycles. The van der Waals surface area contributed by atoms with Crippen LogP contribution in [0.2, 0.25) is 0 Å². The summed E-state index contributed by atoms with van der Waals surface area (Å²) in [4.78, 5) is 31.8. The number of anilines is 1. The number of hydrogen-bond acceptors (Lipinski definition) is 5. The van der Waals surface area contributed by atoms with Crippen molar-refractivity contribution in [3.05, 3.63) is 95.8 Å². The zero-order chi connectivity index (χ0) is 22.7. The van der Waals surface area contributed by atoms with Gasteiger partial charge in [-0.3, -0.25) is 19.5 Å². The molecular weight excluding hydrogens is 404 g/mol. The van der Waals surface area contributed by atoms with E-state index in [1.54, 1.807) is 73.1 Å². The summed E-state index contributed by atoms with van der Waals surface area (Å²) in [6.07, 6.45) is 3.22. The first kappa shape index (κ1) is 21.3. The lowest BCUT2D eigenvalue weighted by molar-refractivity contribution is -0.132. The molecule has 1 aliphatic rings. The maximum Gasteiger partial charge on any atom is 0.300 e. The minimum atomic E-state index is -0.800. The van der Waals surface area contributed by atoms with Crippen molar-refractivity contribution in [3.63, 3.8) is 0 Å². The van der Waals surface area contributed by atoms with E-state index in [1.807, 2.05) is 19.9 Å². The van der Waals surface area contributed by atoms with E-state index in [0.717, 1.165) is 0 Å². The van der Waals surface area contributed by atoms with E-state index >= 15 is 0 Å². The Morgan fingerprint density at radius 2 is 1.84 bits per heavy atom. The maximum absolute atomic E-state index is 13.1. The number of amides is 1. The monoisotopic (exact) mass is 428 g/mol. The molecule has 6 heteroatoms. The molecule has 4 rings (SSSR count). The van der Waals surface area contributed by atoms with E-state index in [4.69, 9.17) is 4.74 Å². The van der Waals surface area contributed by atoms with Gasteiger partial charge in [-0.2, -0.15) is 0 Å². The van der Waals surface area contributed by atoms with Gasteiger partial charge in [0.2, 0.25) is 0 Å². The Bertz CT molecular complexity index is 1160. The number of hydrogen-bond donors (Lipinski definition) is 1. The number of aromatic nitrogens is 1. The topological polar surface area (TPSA) is 79.7 Å². The van der Waals surface area contributed by atoms with Crippen molar-refractivity contribution in [2.45, 2.75) is 19.9 Å². The zero-order valence-corrected chi connectivity index (χ0v) is 17.9. The second kappa shape index (κ2) is 9.06. The molecule has 1 saturated heterocycles. The molecule has 2 aromatic carbocycles.